The minimum atomic E-state index is -0.306. The standard InChI is InChI=1S/C16H7Cl4N3O/c1-7-2-12(24)13-15(11(19)6-22-16(13)20)23(7)14-9(17)3-8(5-21)4-10(14)18/h2-4,6H,1H3. The number of pyridine rings is 2. The van der Waals surface area contributed by atoms with E-state index in [-0.39, 0.29) is 31.0 Å². The van der Waals surface area contributed by atoms with Gasteiger partial charge in [0.15, 0.2) is 5.43 Å². The molecular weight excluding hydrogens is 392 g/mol. The number of fused-ring (bicyclic) bond motifs is 1. The third-order valence-electron chi connectivity index (χ3n) is 3.49. The van der Waals surface area contributed by atoms with Crippen LogP contribution in [0.2, 0.25) is 20.2 Å². The summed E-state index contributed by atoms with van der Waals surface area (Å²) in [5, 5.41) is 9.96. The summed E-state index contributed by atoms with van der Waals surface area (Å²) in [7, 11) is 0. The fourth-order valence-corrected chi connectivity index (χ4v) is 3.64. The number of benzene rings is 1. The summed E-state index contributed by atoms with van der Waals surface area (Å²) in [4.78, 5) is 16.2. The Hall–Kier alpha value is -1.77. The Balaban J connectivity index is 2.56. The van der Waals surface area contributed by atoms with Crippen LogP contribution >= 0.6 is 46.4 Å². The molecule has 8 heteroatoms. The Labute approximate surface area is 156 Å². The SMILES string of the molecule is Cc1cc(=O)c2c(Cl)ncc(Cl)c2n1-c1c(Cl)cc(C#N)cc1Cl. The third kappa shape index (κ3) is 2.64. The van der Waals surface area contributed by atoms with E-state index in [1.54, 1.807) is 11.5 Å². The molecule has 0 bridgehead atoms. The van der Waals surface area contributed by atoms with Crippen LogP contribution in [0.15, 0.2) is 29.2 Å². The van der Waals surface area contributed by atoms with Gasteiger partial charge < -0.3 is 4.57 Å². The second-order valence-corrected chi connectivity index (χ2v) is 6.59. The average molecular weight is 399 g/mol. The second-order valence-electron chi connectivity index (χ2n) is 5.01. The minimum Gasteiger partial charge on any atom is -0.309 e. The lowest BCUT2D eigenvalue weighted by Crippen LogP contribution is -2.13. The number of aryl methyl sites for hydroxylation is 1. The van der Waals surface area contributed by atoms with Crippen molar-refractivity contribution >= 4 is 57.3 Å². The van der Waals surface area contributed by atoms with Crippen LogP contribution in [-0.2, 0) is 0 Å². The van der Waals surface area contributed by atoms with Gasteiger partial charge in [0.05, 0.1) is 43.3 Å². The highest BCUT2D eigenvalue weighted by atomic mass is 35.5. The Morgan fingerprint density at radius 2 is 1.71 bits per heavy atom. The molecule has 1 aromatic carbocycles. The van der Waals surface area contributed by atoms with E-state index in [1.165, 1.54) is 24.4 Å². The van der Waals surface area contributed by atoms with Crippen molar-refractivity contribution in [2.24, 2.45) is 0 Å². The molecule has 0 N–H and O–H groups in total. The summed E-state index contributed by atoms with van der Waals surface area (Å²) in [5.41, 5.74) is 1.34. The second kappa shape index (κ2) is 6.27. The van der Waals surface area contributed by atoms with Crippen molar-refractivity contribution < 1.29 is 0 Å². The van der Waals surface area contributed by atoms with E-state index in [1.807, 2.05) is 6.07 Å². The largest absolute Gasteiger partial charge is 0.309 e. The van der Waals surface area contributed by atoms with Gasteiger partial charge in [0.1, 0.15) is 5.15 Å². The summed E-state index contributed by atoms with van der Waals surface area (Å²) >= 11 is 25.0. The number of halogens is 4. The lowest BCUT2D eigenvalue weighted by atomic mass is 10.1. The first-order chi connectivity index (χ1) is 11.3. The lowest BCUT2D eigenvalue weighted by molar-refractivity contribution is 1.02. The van der Waals surface area contributed by atoms with E-state index in [4.69, 9.17) is 51.7 Å². The van der Waals surface area contributed by atoms with E-state index in [9.17, 15) is 4.79 Å². The van der Waals surface area contributed by atoms with Gasteiger partial charge in [-0.05, 0) is 19.1 Å². The molecular formula is C16H7Cl4N3O. The molecule has 0 fully saturated rings. The first kappa shape index (κ1) is 17.1. The van der Waals surface area contributed by atoms with Gasteiger partial charge in [-0.1, -0.05) is 46.4 Å². The van der Waals surface area contributed by atoms with Crippen molar-refractivity contribution in [3.8, 4) is 11.8 Å². The topological polar surface area (TPSA) is 58.7 Å². The lowest BCUT2D eigenvalue weighted by Gasteiger charge is -2.18. The van der Waals surface area contributed by atoms with E-state index < -0.39 is 0 Å². The first-order valence-electron chi connectivity index (χ1n) is 6.61. The zero-order chi connectivity index (χ0) is 17.6. The molecule has 0 atom stereocenters. The van der Waals surface area contributed by atoms with E-state index in [0.717, 1.165) is 0 Å². The summed E-state index contributed by atoms with van der Waals surface area (Å²) < 4.78 is 1.64. The van der Waals surface area contributed by atoms with Crippen molar-refractivity contribution in [2.45, 2.75) is 6.92 Å². The molecule has 0 aliphatic rings. The molecule has 0 aliphatic heterocycles. The molecule has 0 saturated carbocycles. The van der Waals surface area contributed by atoms with Gasteiger partial charge in [0, 0.05) is 18.0 Å². The molecule has 2 aromatic heterocycles. The van der Waals surface area contributed by atoms with Gasteiger partial charge in [0.2, 0.25) is 0 Å². The summed E-state index contributed by atoms with van der Waals surface area (Å²) in [6, 6.07) is 6.36. The molecule has 3 rings (SSSR count). The number of hydrogen-bond donors (Lipinski definition) is 0. The van der Waals surface area contributed by atoms with E-state index >= 15 is 0 Å². The van der Waals surface area contributed by atoms with Crippen molar-refractivity contribution in [3.05, 3.63) is 66.1 Å². The predicted molar refractivity (Wildman–Crippen MR) is 96.8 cm³/mol. The quantitative estimate of drug-likeness (QED) is 0.530. The van der Waals surface area contributed by atoms with Gasteiger partial charge in [-0.25, -0.2) is 4.98 Å². The maximum Gasteiger partial charge on any atom is 0.192 e. The van der Waals surface area contributed by atoms with Crippen LogP contribution < -0.4 is 5.43 Å². The fraction of sp³-hybridized carbons (Fsp3) is 0.0625. The van der Waals surface area contributed by atoms with E-state index in [0.29, 0.717) is 22.5 Å². The zero-order valence-corrected chi connectivity index (χ0v) is 15.1. The molecule has 0 amide bonds. The molecule has 2 heterocycles. The third-order valence-corrected chi connectivity index (χ3v) is 4.63. The van der Waals surface area contributed by atoms with Crippen LogP contribution in [-0.4, -0.2) is 9.55 Å². The maximum absolute atomic E-state index is 12.3. The predicted octanol–water partition coefficient (Wildman–Crippen LogP) is 5.18. The molecule has 0 spiro atoms. The number of rotatable bonds is 1. The molecule has 0 aliphatic carbocycles. The van der Waals surface area contributed by atoms with Gasteiger partial charge in [0.25, 0.3) is 0 Å². The Morgan fingerprint density at radius 3 is 2.29 bits per heavy atom. The molecule has 0 radical (unpaired) electrons. The summed E-state index contributed by atoms with van der Waals surface area (Å²) in [6.45, 7) is 1.72. The van der Waals surface area contributed by atoms with E-state index in [2.05, 4.69) is 4.98 Å². The summed E-state index contributed by atoms with van der Waals surface area (Å²) in [5.74, 6) is 0. The number of aromatic nitrogens is 2. The highest BCUT2D eigenvalue weighted by molar-refractivity contribution is 6.40. The highest BCUT2D eigenvalue weighted by Gasteiger charge is 2.19. The molecule has 0 unspecified atom stereocenters. The number of nitrogens with zero attached hydrogens (tertiary/aromatic N) is 3. The van der Waals surface area contributed by atoms with Crippen LogP contribution in [0.1, 0.15) is 11.3 Å². The van der Waals surface area contributed by atoms with Gasteiger partial charge in [-0.3, -0.25) is 4.79 Å². The summed E-state index contributed by atoms with van der Waals surface area (Å²) in [6.07, 6.45) is 1.35. The van der Waals surface area contributed by atoms with Crippen molar-refractivity contribution in [1.29, 1.82) is 5.26 Å². The van der Waals surface area contributed by atoms with Crippen LogP contribution in [0.4, 0.5) is 0 Å². The fourth-order valence-electron chi connectivity index (χ4n) is 2.53. The molecule has 3 aromatic rings. The average Bonchev–Trinajstić information content (AvgIpc) is 2.52. The van der Waals surface area contributed by atoms with Gasteiger partial charge >= 0.3 is 0 Å². The Kier molecular flexibility index (Phi) is 4.46. The number of nitriles is 1. The van der Waals surface area contributed by atoms with Crippen LogP contribution in [0.25, 0.3) is 16.6 Å². The number of hydrogen-bond acceptors (Lipinski definition) is 3. The van der Waals surface area contributed by atoms with Gasteiger partial charge in [-0.15, -0.1) is 0 Å². The van der Waals surface area contributed by atoms with Crippen LogP contribution in [0.3, 0.4) is 0 Å². The highest BCUT2D eigenvalue weighted by Crippen LogP contribution is 2.35. The Bertz CT molecular complexity index is 1080. The normalized spacial score (nSPS) is 10.8. The molecule has 4 nitrogen and oxygen atoms in total. The van der Waals surface area contributed by atoms with Crippen molar-refractivity contribution in [1.82, 2.24) is 9.55 Å². The van der Waals surface area contributed by atoms with Crippen molar-refractivity contribution in [3.63, 3.8) is 0 Å². The first-order valence-corrected chi connectivity index (χ1v) is 8.12. The molecule has 0 saturated heterocycles. The van der Waals surface area contributed by atoms with Gasteiger partial charge in [-0.2, -0.15) is 5.26 Å². The Morgan fingerprint density at radius 1 is 1.08 bits per heavy atom. The maximum atomic E-state index is 12.3. The minimum absolute atomic E-state index is 0.0361. The smallest absolute Gasteiger partial charge is 0.192 e. The monoisotopic (exact) mass is 397 g/mol. The zero-order valence-electron chi connectivity index (χ0n) is 12.1. The van der Waals surface area contributed by atoms with Crippen molar-refractivity contribution in [2.75, 3.05) is 0 Å². The molecule has 120 valence electrons. The molecule has 24 heavy (non-hydrogen) atoms. The van der Waals surface area contributed by atoms with Crippen LogP contribution in [0, 0.1) is 18.3 Å². The van der Waals surface area contributed by atoms with Crippen LogP contribution in [0.5, 0.6) is 0 Å².